The Bertz CT molecular complexity index is 562. The van der Waals surface area contributed by atoms with E-state index in [2.05, 4.69) is 10.6 Å². The molecule has 126 valence electrons. The maximum absolute atomic E-state index is 11.9. The molecule has 0 saturated heterocycles. The van der Waals surface area contributed by atoms with Crippen molar-refractivity contribution in [3.8, 4) is 0 Å². The first-order chi connectivity index (χ1) is 10.9. The summed E-state index contributed by atoms with van der Waals surface area (Å²) < 4.78 is 0. The summed E-state index contributed by atoms with van der Waals surface area (Å²) in [5.41, 5.74) is 11.9. The number of amides is 2. The Balaban J connectivity index is 2.60. The number of hydrogen-bond donors (Lipinski definition) is 5. The van der Waals surface area contributed by atoms with E-state index in [1.54, 1.807) is 18.2 Å². The van der Waals surface area contributed by atoms with Crippen molar-refractivity contribution in [1.82, 2.24) is 5.32 Å². The Labute approximate surface area is 134 Å². The molecule has 8 heteroatoms. The molecule has 0 bridgehead atoms. The number of benzene rings is 1. The second-order valence-electron chi connectivity index (χ2n) is 5.01. The molecular weight excluding hydrogens is 300 g/mol. The van der Waals surface area contributed by atoms with Crippen molar-refractivity contribution < 1.29 is 19.5 Å². The van der Waals surface area contributed by atoms with Gasteiger partial charge in [0.2, 0.25) is 5.91 Å². The minimum Gasteiger partial charge on any atom is -0.481 e. The molecule has 1 aromatic rings. The van der Waals surface area contributed by atoms with Gasteiger partial charge in [0.1, 0.15) is 0 Å². The molecule has 2 amide bonds. The lowest BCUT2D eigenvalue weighted by Crippen LogP contribution is -2.36. The number of carbonyl (C=O) groups excluding carboxylic acids is 2. The van der Waals surface area contributed by atoms with Crippen LogP contribution in [0.25, 0.3) is 0 Å². The Hall–Kier alpha value is -2.45. The van der Waals surface area contributed by atoms with Gasteiger partial charge in [0.15, 0.2) is 0 Å². The molecule has 1 aromatic carbocycles. The SMILES string of the molecule is NCCC[C@@H](N)C(=O)Nc1cccc(C(=O)NCCC(=O)O)c1. The number of nitrogens with two attached hydrogens (primary N) is 2. The molecule has 1 rings (SSSR count). The van der Waals surface area contributed by atoms with Gasteiger partial charge in [0.05, 0.1) is 12.5 Å². The number of anilines is 1. The largest absolute Gasteiger partial charge is 0.481 e. The van der Waals surface area contributed by atoms with Crippen LogP contribution in [-0.4, -0.2) is 42.0 Å². The summed E-state index contributed by atoms with van der Waals surface area (Å²) >= 11 is 0. The van der Waals surface area contributed by atoms with Gasteiger partial charge in [0.25, 0.3) is 5.91 Å². The van der Waals surface area contributed by atoms with Crippen LogP contribution in [0.4, 0.5) is 5.69 Å². The van der Waals surface area contributed by atoms with E-state index in [0.29, 0.717) is 30.6 Å². The van der Waals surface area contributed by atoms with Crippen LogP contribution in [-0.2, 0) is 9.59 Å². The Morgan fingerprint density at radius 1 is 1.26 bits per heavy atom. The molecule has 0 radical (unpaired) electrons. The number of rotatable bonds is 9. The minimum atomic E-state index is -0.988. The summed E-state index contributed by atoms with van der Waals surface area (Å²) in [7, 11) is 0. The molecule has 23 heavy (non-hydrogen) atoms. The van der Waals surface area contributed by atoms with Gasteiger partial charge in [-0.15, -0.1) is 0 Å². The number of hydrogen-bond acceptors (Lipinski definition) is 5. The number of nitrogens with one attached hydrogen (secondary N) is 2. The predicted octanol–water partition coefficient (Wildman–Crippen LogP) is -0.104. The third kappa shape index (κ3) is 6.90. The van der Waals surface area contributed by atoms with E-state index in [4.69, 9.17) is 16.6 Å². The second kappa shape index (κ2) is 9.54. The second-order valence-corrected chi connectivity index (χ2v) is 5.01. The summed E-state index contributed by atoms with van der Waals surface area (Å²) in [6, 6.07) is 5.67. The average molecular weight is 322 g/mol. The molecule has 8 nitrogen and oxygen atoms in total. The maximum Gasteiger partial charge on any atom is 0.305 e. The standard InChI is InChI=1S/C15H22N4O4/c16-7-2-5-12(17)15(23)19-11-4-1-3-10(9-11)14(22)18-8-6-13(20)21/h1,3-4,9,12H,2,5-8,16-17H2,(H,18,22)(H,19,23)(H,20,21)/t12-/m1/s1. The van der Waals surface area contributed by atoms with Gasteiger partial charge >= 0.3 is 5.97 Å². The summed E-state index contributed by atoms with van der Waals surface area (Å²) in [4.78, 5) is 34.2. The van der Waals surface area contributed by atoms with Gasteiger partial charge in [0, 0.05) is 17.8 Å². The fourth-order valence-electron chi connectivity index (χ4n) is 1.83. The Morgan fingerprint density at radius 2 is 2.00 bits per heavy atom. The zero-order valence-corrected chi connectivity index (χ0v) is 12.7. The lowest BCUT2D eigenvalue weighted by Gasteiger charge is -2.12. The topological polar surface area (TPSA) is 148 Å². The minimum absolute atomic E-state index is 0.0364. The first-order valence-corrected chi connectivity index (χ1v) is 7.30. The van der Waals surface area contributed by atoms with E-state index < -0.39 is 17.9 Å². The molecule has 7 N–H and O–H groups in total. The zero-order chi connectivity index (χ0) is 17.2. The van der Waals surface area contributed by atoms with Crippen LogP contribution in [0, 0.1) is 0 Å². The van der Waals surface area contributed by atoms with Gasteiger partial charge < -0.3 is 27.2 Å². The molecule has 0 fully saturated rings. The maximum atomic E-state index is 11.9. The summed E-state index contributed by atoms with van der Waals surface area (Å²) in [5.74, 6) is -1.74. The highest BCUT2D eigenvalue weighted by molar-refractivity contribution is 5.98. The lowest BCUT2D eigenvalue weighted by molar-refractivity contribution is -0.136. The number of carboxylic acids is 1. The van der Waals surface area contributed by atoms with Crippen LogP contribution in [0.5, 0.6) is 0 Å². The van der Waals surface area contributed by atoms with Crippen LogP contribution >= 0.6 is 0 Å². The van der Waals surface area contributed by atoms with Gasteiger partial charge in [-0.05, 0) is 37.6 Å². The molecule has 0 heterocycles. The highest BCUT2D eigenvalue weighted by Gasteiger charge is 2.14. The van der Waals surface area contributed by atoms with Crippen LogP contribution in [0.15, 0.2) is 24.3 Å². The van der Waals surface area contributed by atoms with Gasteiger partial charge in [-0.2, -0.15) is 0 Å². The van der Waals surface area contributed by atoms with Crippen molar-refractivity contribution in [3.63, 3.8) is 0 Å². The molecule has 0 aromatic heterocycles. The van der Waals surface area contributed by atoms with E-state index >= 15 is 0 Å². The molecular formula is C15H22N4O4. The number of carbonyl (C=O) groups is 3. The van der Waals surface area contributed by atoms with Crippen molar-refractivity contribution in [1.29, 1.82) is 0 Å². The molecule has 1 atom stereocenters. The van der Waals surface area contributed by atoms with E-state index in [9.17, 15) is 14.4 Å². The van der Waals surface area contributed by atoms with Crippen LogP contribution in [0.3, 0.4) is 0 Å². The van der Waals surface area contributed by atoms with Crippen molar-refractivity contribution >= 4 is 23.5 Å². The molecule has 0 unspecified atom stereocenters. The van der Waals surface area contributed by atoms with Crippen molar-refractivity contribution in [3.05, 3.63) is 29.8 Å². The fraction of sp³-hybridized carbons (Fsp3) is 0.400. The van der Waals surface area contributed by atoms with Crippen molar-refractivity contribution in [2.45, 2.75) is 25.3 Å². The third-order valence-corrected chi connectivity index (χ3v) is 3.07. The van der Waals surface area contributed by atoms with Crippen LogP contribution in [0.2, 0.25) is 0 Å². The van der Waals surface area contributed by atoms with Gasteiger partial charge in [-0.3, -0.25) is 14.4 Å². The van der Waals surface area contributed by atoms with E-state index in [0.717, 1.165) is 0 Å². The first-order valence-electron chi connectivity index (χ1n) is 7.30. The molecule has 0 aliphatic heterocycles. The first kappa shape index (κ1) is 18.6. The van der Waals surface area contributed by atoms with E-state index in [1.807, 2.05) is 0 Å². The van der Waals surface area contributed by atoms with Gasteiger partial charge in [-0.25, -0.2) is 0 Å². The fourth-order valence-corrected chi connectivity index (χ4v) is 1.83. The molecule has 0 aliphatic carbocycles. The van der Waals surface area contributed by atoms with Crippen LogP contribution < -0.4 is 22.1 Å². The molecule has 0 spiro atoms. The molecule has 0 aliphatic rings. The quantitative estimate of drug-likeness (QED) is 0.428. The predicted molar refractivity (Wildman–Crippen MR) is 85.9 cm³/mol. The number of carboxylic acid groups (broad SMARTS) is 1. The highest BCUT2D eigenvalue weighted by atomic mass is 16.4. The Kier molecular flexibility index (Phi) is 7.72. The van der Waals surface area contributed by atoms with Crippen molar-refractivity contribution in [2.75, 3.05) is 18.4 Å². The summed E-state index contributed by atoms with van der Waals surface area (Å²) in [6.07, 6.45) is 0.983. The normalized spacial score (nSPS) is 11.6. The third-order valence-electron chi connectivity index (χ3n) is 3.07. The lowest BCUT2D eigenvalue weighted by atomic mass is 10.1. The summed E-state index contributed by atoms with van der Waals surface area (Å²) in [5, 5.41) is 13.7. The smallest absolute Gasteiger partial charge is 0.305 e. The van der Waals surface area contributed by atoms with Gasteiger partial charge in [-0.1, -0.05) is 6.07 Å². The summed E-state index contributed by atoms with van der Waals surface area (Å²) in [6.45, 7) is 0.502. The number of aliphatic carboxylic acids is 1. The van der Waals surface area contributed by atoms with E-state index in [1.165, 1.54) is 6.07 Å². The molecule has 0 saturated carbocycles. The van der Waals surface area contributed by atoms with Crippen molar-refractivity contribution in [2.24, 2.45) is 11.5 Å². The van der Waals surface area contributed by atoms with E-state index in [-0.39, 0.29) is 18.9 Å². The zero-order valence-electron chi connectivity index (χ0n) is 12.7. The van der Waals surface area contributed by atoms with Crippen LogP contribution in [0.1, 0.15) is 29.6 Å². The average Bonchev–Trinajstić information content (AvgIpc) is 2.52. The Morgan fingerprint density at radius 3 is 2.65 bits per heavy atom. The highest BCUT2D eigenvalue weighted by Crippen LogP contribution is 2.11. The monoisotopic (exact) mass is 322 g/mol.